The van der Waals surface area contributed by atoms with E-state index in [0.717, 1.165) is 11.1 Å². The van der Waals surface area contributed by atoms with Crippen LogP contribution in [0.5, 0.6) is 0 Å². The van der Waals surface area contributed by atoms with E-state index in [1.165, 1.54) is 4.90 Å². The Labute approximate surface area is 187 Å². The van der Waals surface area contributed by atoms with Gasteiger partial charge in [-0.2, -0.15) is 5.26 Å². The van der Waals surface area contributed by atoms with E-state index in [-0.39, 0.29) is 30.7 Å². The number of amides is 2. The third-order valence-electron chi connectivity index (χ3n) is 5.71. The molecule has 3 rings (SSSR count). The van der Waals surface area contributed by atoms with E-state index in [9.17, 15) is 14.9 Å². The molecule has 1 aliphatic heterocycles. The van der Waals surface area contributed by atoms with Crippen LogP contribution in [-0.2, 0) is 22.6 Å². The molecule has 0 radical (unpaired) electrons. The highest BCUT2D eigenvalue weighted by Crippen LogP contribution is 2.24. The monoisotopic (exact) mass is 432 g/mol. The molecule has 6 N–H and O–H groups in total. The van der Waals surface area contributed by atoms with Crippen molar-refractivity contribution in [1.29, 1.82) is 10.7 Å². The first-order chi connectivity index (χ1) is 15.4. The molecular weight excluding hydrogens is 404 g/mol. The minimum absolute atomic E-state index is 0.0214. The van der Waals surface area contributed by atoms with Crippen LogP contribution in [0, 0.1) is 22.7 Å². The molecule has 0 spiro atoms. The Morgan fingerprint density at radius 2 is 1.84 bits per heavy atom. The van der Waals surface area contributed by atoms with Crippen LogP contribution in [0.4, 0.5) is 0 Å². The highest BCUT2D eigenvalue weighted by atomic mass is 16.2. The van der Waals surface area contributed by atoms with Gasteiger partial charge in [0.2, 0.25) is 11.8 Å². The first-order valence-corrected chi connectivity index (χ1v) is 10.6. The second-order valence-corrected chi connectivity index (χ2v) is 8.03. The van der Waals surface area contributed by atoms with Crippen molar-refractivity contribution in [1.82, 2.24) is 10.2 Å². The van der Waals surface area contributed by atoms with Gasteiger partial charge in [-0.1, -0.05) is 54.6 Å². The Morgan fingerprint density at radius 3 is 2.47 bits per heavy atom. The molecular formula is C24H28N6O2. The topological polar surface area (TPSA) is 149 Å². The summed E-state index contributed by atoms with van der Waals surface area (Å²) >= 11 is 0. The smallest absolute Gasteiger partial charge is 0.243 e. The third kappa shape index (κ3) is 5.71. The van der Waals surface area contributed by atoms with E-state index >= 15 is 0 Å². The van der Waals surface area contributed by atoms with Gasteiger partial charge in [0.15, 0.2) is 0 Å². The molecule has 32 heavy (non-hydrogen) atoms. The van der Waals surface area contributed by atoms with Gasteiger partial charge in [-0.25, -0.2) is 0 Å². The molecule has 2 aromatic carbocycles. The molecule has 2 amide bonds. The van der Waals surface area contributed by atoms with Crippen molar-refractivity contribution in [3.05, 3.63) is 71.3 Å². The summed E-state index contributed by atoms with van der Waals surface area (Å²) in [7, 11) is 0. The first kappa shape index (κ1) is 23.0. The number of likely N-dealkylation sites (tertiary alicyclic amines) is 1. The van der Waals surface area contributed by atoms with E-state index in [1.54, 1.807) is 24.3 Å². The average molecular weight is 433 g/mol. The summed E-state index contributed by atoms with van der Waals surface area (Å²) in [5.74, 6) is -1.02. The number of aryl methyl sites for hydroxylation is 1. The van der Waals surface area contributed by atoms with Crippen LogP contribution in [-0.4, -0.2) is 41.2 Å². The lowest BCUT2D eigenvalue weighted by Crippen LogP contribution is -2.51. The van der Waals surface area contributed by atoms with Crippen molar-refractivity contribution in [3.63, 3.8) is 0 Å². The molecule has 8 nitrogen and oxygen atoms in total. The summed E-state index contributed by atoms with van der Waals surface area (Å²) in [5, 5.41) is 19.6. The number of nitrogens with two attached hydrogens (primary N) is 2. The van der Waals surface area contributed by atoms with Gasteiger partial charge >= 0.3 is 0 Å². The molecule has 8 heteroatoms. The molecule has 0 bridgehead atoms. The van der Waals surface area contributed by atoms with Crippen LogP contribution in [0.2, 0.25) is 0 Å². The number of hydrogen-bond donors (Lipinski definition) is 4. The maximum absolute atomic E-state index is 13.0. The van der Waals surface area contributed by atoms with E-state index in [2.05, 4.69) is 11.4 Å². The molecule has 1 heterocycles. The van der Waals surface area contributed by atoms with Gasteiger partial charge in [0.1, 0.15) is 11.9 Å². The second-order valence-electron chi connectivity index (χ2n) is 8.03. The minimum Gasteiger partial charge on any atom is -0.384 e. The van der Waals surface area contributed by atoms with Gasteiger partial charge in [0, 0.05) is 18.7 Å². The van der Waals surface area contributed by atoms with E-state index in [1.807, 2.05) is 30.3 Å². The van der Waals surface area contributed by atoms with Gasteiger partial charge in [-0.05, 0) is 30.4 Å². The molecule has 0 aromatic heterocycles. The van der Waals surface area contributed by atoms with Crippen molar-refractivity contribution < 1.29 is 9.59 Å². The molecule has 0 saturated carbocycles. The fraction of sp³-hybridized carbons (Fsp3) is 0.333. The second kappa shape index (κ2) is 10.6. The highest BCUT2D eigenvalue weighted by molar-refractivity contribution is 5.95. The number of hydrogen-bond acceptors (Lipinski definition) is 5. The van der Waals surface area contributed by atoms with Crippen molar-refractivity contribution in [2.24, 2.45) is 17.4 Å². The summed E-state index contributed by atoms with van der Waals surface area (Å²) in [6.45, 7) is 0.479. The maximum atomic E-state index is 13.0. The molecule has 166 valence electrons. The van der Waals surface area contributed by atoms with Crippen LogP contribution in [0.25, 0.3) is 0 Å². The lowest BCUT2D eigenvalue weighted by molar-refractivity contribution is -0.139. The summed E-state index contributed by atoms with van der Waals surface area (Å²) in [4.78, 5) is 27.3. The molecule has 3 atom stereocenters. The van der Waals surface area contributed by atoms with Crippen LogP contribution < -0.4 is 16.8 Å². The van der Waals surface area contributed by atoms with Crippen molar-refractivity contribution in [3.8, 4) is 6.07 Å². The molecule has 1 fully saturated rings. The van der Waals surface area contributed by atoms with E-state index in [0.29, 0.717) is 24.8 Å². The zero-order valence-electron chi connectivity index (χ0n) is 17.8. The normalized spacial score (nSPS) is 18.6. The number of nitrogens with one attached hydrogen (secondary N) is 2. The van der Waals surface area contributed by atoms with Crippen LogP contribution >= 0.6 is 0 Å². The molecule has 2 aromatic rings. The zero-order valence-corrected chi connectivity index (χ0v) is 17.8. The van der Waals surface area contributed by atoms with Crippen molar-refractivity contribution >= 4 is 17.6 Å². The number of rotatable bonds is 8. The standard InChI is InChI=1S/C24H28N6O2/c25-13-18-12-21(23(31)29-14-17-6-9-19(10-7-17)22(27)28)30(15-18)24(32)20(26)11-8-16-4-2-1-3-5-16/h1-7,9-10,18,20-21H,8,11-12,14-15,26H2,(H3,27,28)(H,29,31)/t18-,20?,21+/m1/s1. The number of amidine groups is 1. The van der Waals surface area contributed by atoms with Crippen molar-refractivity contribution in [2.45, 2.75) is 37.9 Å². The maximum Gasteiger partial charge on any atom is 0.243 e. The Bertz CT molecular complexity index is 999. The molecule has 1 saturated heterocycles. The predicted octanol–water partition coefficient (Wildman–Crippen LogP) is 1.29. The summed E-state index contributed by atoms with van der Waals surface area (Å²) in [5.41, 5.74) is 14.2. The van der Waals surface area contributed by atoms with E-state index in [4.69, 9.17) is 16.9 Å². The fourth-order valence-electron chi connectivity index (χ4n) is 3.83. The van der Waals surface area contributed by atoms with Gasteiger partial charge in [0.25, 0.3) is 0 Å². The predicted molar refractivity (Wildman–Crippen MR) is 121 cm³/mol. The lowest BCUT2D eigenvalue weighted by atomic mass is 10.0. The highest BCUT2D eigenvalue weighted by Gasteiger charge is 2.40. The van der Waals surface area contributed by atoms with Gasteiger partial charge in [0.05, 0.1) is 18.0 Å². The summed E-state index contributed by atoms with van der Waals surface area (Å²) in [6, 6.07) is 17.5. The van der Waals surface area contributed by atoms with Crippen LogP contribution in [0.15, 0.2) is 54.6 Å². The van der Waals surface area contributed by atoms with Crippen LogP contribution in [0.1, 0.15) is 29.5 Å². The summed E-state index contributed by atoms with van der Waals surface area (Å²) < 4.78 is 0. The minimum atomic E-state index is -0.734. The van der Waals surface area contributed by atoms with E-state index < -0.39 is 18.0 Å². The number of nitrogens with zero attached hydrogens (tertiary/aromatic N) is 2. The SMILES string of the molecule is N#C[C@H]1C[C@@H](C(=O)NCc2ccc(C(=N)N)cc2)N(C(=O)C(N)CCc2ccccc2)C1. The largest absolute Gasteiger partial charge is 0.384 e. The first-order valence-electron chi connectivity index (χ1n) is 10.6. The Morgan fingerprint density at radius 1 is 1.16 bits per heavy atom. The average Bonchev–Trinajstić information content (AvgIpc) is 3.26. The Hall–Kier alpha value is -3.70. The Balaban J connectivity index is 1.60. The van der Waals surface area contributed by atoms with Gasteiger partial charge in [-0.15, -0.1) is 0 Å². The number of benzene rings is 2. The Kier molecular flexibility index (Phi) is 7.58. The number of carbonyl (C=O) groups excluding carboxylic acids is 2. The molecule has 0 aliphatic carbocycles. The zero-order chi connectivity index (χ0) is 23.1. The molecule has 1 unspecified atom stereocenters. The summed E-state index contributed by atoms with van der Waals surface area (Å²) in [6.07, 6.45) is 1.42. The lowest BCUT2D eigenvalue weighted by Gasteiger charge is -2.26. The quantitative estimate of drug-likeness (QED) is 0.366. The van der Waals surface area contributed by atoms with Crippen LogP contribution in [0.3, 0.4) is 0 Å². The van der Waals surface area contributed by atoms with Gasteiger partial charge < -0.3 is 21.7 Å². The fourth-order valence-corrected chi connectivity index (χ4v) is 3.83. The number of nitrogen functional groups attached to an aromatic ring is 1. The number of nitriles is 1. The molecule has 1 aliphatic rings. The van der Waals surface area contributed by atoms with Crippen molar-refractivity contribution in [2.75, 3.05) is 6.54 Å². The van der Waals surface area contributed by atoms with Gasteiger partial charge in [-0.3, -0.25) is 15.0 Å². The number of carbonyl (C=O) groups is 2. The third-order valence-corrected chi connectivity index (χ3v) is 5.71.